The van der Waals surface area contributed by atoms with Gasteiger partial charge in [0.15, 0.2) is 5.16 Å². The molecule has 0 bridgehead atoms. The SMILES string of the molecule is COc1ccc(-n2c(C)c(C)c(C#N)c2NC(=O)CSc2nncn2Cc2ccco2)cc1. The van der Waals surface area contributed by atoms with Crippen LogP contribution < -0.4 is 10.1 Å². The van der Waals surface area contributed by atoms with E-state index >= 15 is 0 Å². The standard InChI is InChI=1S/C23H22N6O3S/c1-15-16(2)29(17-6-8-18(31-3)9-7-17)22(20(15)11-24)26-21(30)13-33-23-27-25-14-28(23)12-19-5-4-10-32-19/h4-10,14H,12-13H2,1-3H3,(H,26,30). The van der Waals surface area contributed by atoms with E-state index in [2.05, 4.69) is 21.6 Å². The third-order valence-electron chi connectivity index (χ3n) is 5.23. The number of anilines is 1. The van der Waals surface area contributed by atoms with Crippen LogP contribution in [0.15, 0.2) is 58.6 Å². The number of rotatable bonds is 8. The largest absolute Gasteiger partial charge is 0.497 e. The molecule has 0 aliphatic rings. The number of nitriles is 1. The highest BCUT2D eigenvalue weighted by Gasteiger charge is 2.21. The third kappa shape index (κ3) is 4.63. The molecule has 0 aliphatic carbocycles. The monoisotopic (exact) mass is 462 g/mol. The first-order valence-electron chi connectivity index (χ1n) is 10.1. The Morgan fingerprint density at radius 1 is 1.27 bits per heavy atom. The maximum atomic E-state index is 12.9. The number of hydrogen-bond acceptors (Lipinski definition) is 7. The molecule has 168 valence electrons. The van der Waals surface area contributed by atoms with Crippen molar-refractivity contribution in [2.45, 2.75) is 25.5 Å². The summed E-state index contributed by atoms with van der Waals surface area (Å²) in [5.41, 5.74) is 2.94. The summed E-state index contributed by atoms with van der Waals surface area (Å²) in [7, 11) is 1.60. The minimum atomic E-state index is -0.253. The molecule has 9 nitrogen and oxygen atoms in total. The number of aromatic nitrogens is 4. The molecule has 0 radical (unpaired) electrons. The predicted octanol–water partition coefficient (Wildman–Crippen LogP) is 3.94. The lowest BCUT2D eigenvalue weighted by Crippen LogP contribution is -2.18. The van der Waals surface area contributed by atoms with Crippen molar-refractivity contribution in [3.63, 3.8) is 0 Å². The second-order valence-electron chi connectivity index (χ2n) is 7.24. The van der Waals surface area contributed by atoms with Gasteiger partial charge in [-0.1, -0.05) is 11.8 Å². The van der Waals surface area contributed by atoms with Crippen molar-refractivity contribution in [2.75, 3.05) is 18.2 Å². The molecule has 1 N–H and O–H groups in total. The minimum absolute atomic E-state index is 0.105. The highest BCUT2D eigenvalue weighted by atomic mass is 32.2. The van der Waals surface area contributed by atoms with Gasteiger partial charge >= 0.3 is 0 Å². The summed E-state index contributed by atoms with van der Waals surface area (Å²) in [5.74, 6) is 1.79. The van der Waals surface area contributed by atoms with E-state index in [1.807, 2.05) is 59.4 Å². The maximum Gasteiger partial charge on any atom is 0.236 e. The van der Waals surface area contributed by atoms with Gasteiger partial charge in [0, 0.05) is 11.4 Å². The van der Waals surface area contributed by atoms with E-state index in [4.69, 9.17) is 9.15 Å². The molecule has 1 aromatic carbocycles. The van der Waals surface area contributed by atoms with Gasteiger partial charge in [0.25, 0.3) is 0 Å². The normalized spacial score (nSPS) is 10.7. The molecule has 0 saturated carbocycles. The van der Waals surface area contributed by atoms with Gasteiger partial charge in [0.05, 0.1) is 31.2 Å². The number of amides is 1. The van der Waals surface area contributed by atoms with Crippen LogP contribution >= 0.6 is 11.8 Å². The van der Waals surface area contributed by atoms with Gasteiger partial charge in [-0.3, -0.25) is 9.36 Å². The number of methoxy groups -OCH3 is 1. The van der Waals surface area contributed by atoms with Gasteiger partial charge < -0.3 is 19.0 Å². The molecule has 0 saturated heterocycles. The van der Waals surface area contributed by atoms with Crippen LogP contribution in [0.4, 0.5) is 5.82 Å². The summed E-state index contributed by atoms with van der Waals surface area (Å²) in [6, 6.07) is 13.3. The highest BCUT2D eigenvalue weighted by Crippen LogP contribution is 2.31. The number of nitrogens with one attached hydrogen (secondary N) is 1. The summed E-state index contributed by atoms with van der Waals surface area (Å²) in [6.45, 7) is 4.26. The molecule has 0 atom stereocenters. The average Bonchev–Trinajstić information content (AvgIpc) is 3.55. The average molecular weight is 463 g/mol. The van der Waals surface area contributed by atoms with Crippen molar-refractivity contribution in [3.05, 3.63) is 71.6 Å². The van der Waals surface area contributed by atoms with Crippen molar-refractivity contribution in [1.29, 1.82) is 5.26 Å². The topological polar surface area (TPSA) is 111 Å². The van der Waals surface area contributed by atoms with Crippen molar-refractivity contribution in [2.24, 2.45) is 0 Å². The fourth-order valence-electron chi connectivity index (χ4n) is 3.45. The van der Waals surface area contributed by atoms with Crippen LogP contribution in [0.5, 0.6) is 5.75 Å². The zero-order chi connectivity index (χ0) is 23.4. The molecule has 3 heterocycles. The molecular weight excluding hydrogens is 440 g/mol. The number of furan rings is 1. The molecule has 0 fully saturated rings. The first kappa shape index (κ1) is 22.2. The zero-order valence-corrected chi connectivity index (χ0v) is 19.2. The Hall–Kier alpha value is -3.97. The van der Waals surface area contributed by atoms with Crippen molar-refractivity contribution in [1.82, 2.24) is 19.3 Å². The summed E-state index contributed by atoms with van der Waals surface area (Å²) >= 11 is 1.26. The minimum Gasteiger partial charge on any atom is -0.497 e. The number of hydrogen-bond donors (Lipinski definition) is 1. The number of thioether (sulfide) groups is 1. The van der Waals surface area contributed by atoms with Gasteiger partial charge in [-0.05, 0) is 55.8 Å². The van der Waals surface area contributed by atoms with Crippen LogP contribution in [-0.2, 0) is 11.3 Å². The third-order valence-corrected chi connectivity index (χ3v) is 6.21. The first-order valence-corrected chi connectivity index (χ1v) is 11.1. The summed E-state index contributed by atoms with van der Waals surface area (Å²) in [5, 5.41) is 21.3. The summed E-state index contributed by atoms with van der Waals surface area (Å²) in [6.07, 6.45) is 3.20. The molecule has 3 aromatic heterocycles. The number of carbonyl (C=O) groups excluding carboxylic acids is 1. The second kappa shape index (κ2) is 9.67. The lowest BCUT2D eigenvalue weighted by atomic mass is 10.2. The quantitative estimate of drug-likeness (QED) is 0.395. The van der Waals surface area contributed by atoms with Crippen LogP contribution in [0.1, 0.15) is 22.6 Å². The number of ether oxygens (including phenoxy) is 1. The van der Waals surface area contributed by atoms with E-state index < -0.39 is 0 Å². The Morgan fingerprint density at radius 2 is 2.06 bits per heavy atom. The van der Waals surface area contributed by atoms with E-state index in [1.54, 1.807) is 19.7 Å². The fraction of sp³-hybridized carbons (Fsp3) is 0.217. The summed E-state index contributed by atoms with van der Waals surface area (Å²) in [4.78, 5) is 12.9. The van der Waals surface area contributed by atoms with Crippen LogP contribution in [0.3, 0.4) is 0 Å². The Balaban J connectivity index is 1.53. The van der Waals surface area contributed by atoms with E-state index in [0.29, 0.717) is 23.1 Å². The maximum absolute atomic E-state index is 12.9. The molecule has 0 unspecified atom stereocenters. The Bertz CT molecular complexity index is 1300. The van der Waals surface area contributed by atoms with E-state index in [-0.39, 0.29) is 11.7 Å². The molecule has 10 heteroatoms. The van der Waals surface area contributed by atoms with Crippen LogP contribution in [0, 0.1) is 25.2 Å². The van der Waals surface area contributed by atoms with Gasteiger partial charge in [-0.25, -0.2) is 0 Å². The number of nitrogens with zero attached hydrogens (tertiary/aromatic N) is 5. The zero-order valence-electron chi connectivity index (χ0n) is 18.4. The van der Waals surface area contributed by atoms with Crippen molar-refractivity contribution in [3.8, 4) is 17.5 Å². The van der Waals surface area contributed by atoms with E-state index in [0.717, 1.165) is 28.5 Å². The molecule has 33 heavy (non-hydrogen) atoms. The van der Waals surface area contributed by atoms with Crippen molar-refractivity contribution < 1.29 is 13.9 Å². The molecular formula is C23H22N6O3S. The Morgan fingerprint density at radius 3 is 2.73 bits per heavy atom. The van der Waals surface area contributed by atoms with Crippen LogP contribution in [0.25, 0.3) is 5.69 Å². The molecule has 0 spiro atoms. The lowest BCUT2D eigenvalue weighted by Gasteiger charge is -2.13. The van der Waals surface area contributed by atoms with E-state index in [9.17, 15) is 10.1 Å². The smallest absolute Gasteiger partial charge is 0.236 e. The summed E-state index contributed by atoms with van der Waals surface area (Å²) < 4.78 is 14.3. The van der Waals surface area contributed by atoms with Gasteiger partial charge in [0.2, 0.25) is 5.91 Å². The Labute approximate surface area is 195 Å². The second-order valence-corrected chi connectivity index (χ2v) is 8.18. The number of benzene rings is 1. The number of carbonyl (C=O) groups is 1. The Kier molecular flexibility index (Phi) is 6.51. The molecule has 4 rings (SSSR count). The predicted molar refractivity (Wildman–Crippen MR) is 124 cm³/mol. The van der Waals surface area contributed by atoms with Gasteiger partial charge in [0.1, 0.15) is 29.7 Å². The highest BCUT2D eigenvalue weighted by molar-refractivity contribution is 7.99. The molecule has 1 amide bonds. The fourth-order valence-corrected chi connectivity index (χ4v) is 4.16. The molecule has 0 aliphatic heterocycles. The van der Waals surface area contributed by atoms with E-state index in [1.165, 1.54) is 11.8 Å². The molecule has 4 aromatic rings. The van der Waals surface area contributed by atoms with Crippen LogP contribution in [0.2, 0.25) is 0 Å². The van der Waals surface area contributed by atoms with Crippen LogP contribution in [-0.4, -0.2) is 38.1 Å². The first-order chi connectivity index (χ1) is 16.0. The van der Waals surface area contributed by atoms with Crippen molar-refractivity contribution >= 4 is 23.5 Å². The van der Waals surface area contributed by atoms with Gasteiger partial charge in [-0.2, -0.15) is 5.26 Å². The van der Waals surface area contributed by atoms with Gasteiger partial charge in [-0.15, -0.1) is 10.2 Å². The lowest BCUT2D eigenvalue weighted by molar-refractivity contribution is -0.113.